The fourth-order valence-electron chi connectivity index (χ4n) is 5.18. The molecule has 8 amide bonds. The number of carbonyl (C=O) groups is 11. The first kappa shape index (κ1) is 52.1. The van der Waals surface area contributed by atoms with Crippen LogP contribution in [0, 0.1) is 11.8 Å². The molecule has 0 rings (SSSR count). The number of aliphatic hydroxyl groups excluding tert-OH is 1. The van der Waals surface area contributed by atoms with Crippen LogP contribution in [0.25, 0.3) is 0 Å². The van der Waals surface area contributed by atoms with Crippen LogP contribution < -0.4 is 49.1 Å². The maximum Gasteiger partial charge on any atom is 0.328 e. The van der Waals surface area contributed by atoms with E-state index in [1.54, 1.807) is 27.7 Å². The Bertz CT molecular complexity index is 1520. The topological polar surface area (TPSA) is 419 Å². The predicted octanol–water partition coefficient (Wildman–Crippen LogP) is -4.74. The summed E-state index contributed by atoms with van der Waals surface area (Å²) in [5, 5.41) is 50.9. The molecule has 24 nitrogen and oxygen atoms in total. The largest absolute Gasteiger partial charge is 0.481 e. The summed E-state index contributed by atoms with van der Waals surface area (Å²) in [7, 11) is 0. The second-order valence-electron chi connectivity index (χ2n) is 14.4. The van der Waals surface area contributed by atoms with Crippen molar-refractivity contribution in [3.8, 4) is 0 Å². The summed E-state index contributed by atoms with van der Waals surface area (Å²) in [6.07, 6.45) is -5.33. The molecule has 0 aromatic heterocycles. The molecule has 0 bridgehead atoms. The number of hydrogen-bond donors (Lipinski definition) is 13. The quantitative estimate of drug-likeness (QED) is 0.0352. The molecule has 0 fully saturated rings. The zero-order chi connectivity index (χ0) is 45.0. The lowest BCUT2D eigenvalue weighted by molar-refractivity contribution is -0.145. The zero-order valence-corrected chi connectivity index (χ0v) is 32.9. The number of aliphatic carboxylic acids is 3. The third-order valence-electron chi connectivity index (χ3n) is 8.09. The predicted molar refractivity (Wildman–Crippen MR) is 199 cm³/mol. The van der Waals surface area contributed by atoms with Crippen LogP contribution in [0.2, 0.25) is 0 Å². The van der Waals surface area contributed by atoms with Gasteiger partial charge in [0.15, 0.2) is 6.04 Å². The normalized spacial score (nSPS) is 15.2. The summed E-state index contributed by atoms with van der Waals surface area (Å²) in [5.74, 6) is -13.7. The molecule has 0 aliphatic heterocycles. The van der Waals surface area contributed by atoms with Crippen molar-refractivity contribution in [2.24, 2.45) is 29.0 Å². The third kappa shape index (κ3) is 20.8. The minimum Gasteiger partial charge on any atom is -0.481 e. The van der Waals surface area contributed by atoms with Gasteiger partial charge in [-0.15, -0.1) is 0 Å². The van der Waals surface area contributed by atoms with Crippen LogP contribution >= 0.6 is 0 Å². The van der Waals surface area contributed by atoms with E-state index < -0.39 is 146 Å². The molecule has 0 spiro atoms. The average Bonchev–Trinajstić information content (AvgIpc) is 3.08. The van der Waals surface area contributed by atoms with Crippen molar-refractivity contribution in [1.82, 2.24) is 31.9 Å². The molecule has 0 unspecified atom stereocenters. The van der Waals surface area contributed by atoms with Crippen LogP contribution in [0.15, 0.2) is 0 Å². The molecule has 24 heteroatoms. The summed E-state index contributed by atoms with van der Waals surface area (Å²) in [6, 6.07) is -11.5. The highest BCUT2D eigenvalue weighted by Gasteiger charge is 2.36. The summed E-state index contributed by atoms with van der Waals surface area (Å²) >= 11 is 0. The van der Waals surface area contributed by atoms with Gasteiger partial charge in [0.25, 0.3) is 0 Å². The van der Waals surface area contributed by atoms with Gasteiger partial charge >= 0.3 is 17.9 Å². The number of carboxylic acids is 3. The number of carbonyl (C=O) groups excluding carboxylic acids is 8. The average molecular weight is 832 g/mol. The summed E-state index contributed by atoms with van der Waals surface area (Å²) in [4.78, 5) is 137. The van der Waals surface area contributed by atoms with Crippen LogP contribution in [0.3, 0.4) is 0 Å². The van der Waals surface area contributed by atoms with Crippen molar-refractivity contribution < 1.29 is 73.2 Å². The van der Waals surface area contributed by atoms with E-state index in [0.717, 1.165) is 6.92 Å². The number of rotatable bonds is 28. The molecule has 58 heavy (non-hydrogen) atoms. The van der Waals surface area contributed by atoms with Gasteiger partial charge in [-0.25, -0.2) is 4.79 Å². The van der Waals surface area contributed by atoms with Crippen LogP contribution in [-0.4, -0.2) is 134 Å². The highest BCUT2D eigenvalue weighted by Crippen LogP contribution is 2.11. The molecule has 0 aliphatic carbocycles. The van der Waals surface area contributed by atoms with E-state index in [2.05, 4.69) is 26.6 Å². The van der Waals surface area contributed by atoms with Crippen molar-refractivity contribution in [3.63, 3.8) is 0 Å². The molecule has 16 N–H and O–H groups in total. The SMILES string of the molecule is CC(C)C[C@H](NC(=O)[C@H](CC(N)=O)NC(=O)[C@H](CC(=O)O)NC(=O)[C@H](CC(C)C)NC(=O)[C@@H](N)CCC(=O)O)C(=O)N[C@@H](CCC(N)=O)C(=O)N[C@H](C(=O)O)[C@@H](C)O. The standard InChI is InChI=1S/C34H57N9O15/c1-14(2)10-19(39-28(51)17(35)6-9-25(47)48)31(54)42-22(13-26(49)50)33(56)41-21(12-24(37)46)32(55)40-20(11-15(3)4)30(53)38-18(7-8-23(36)45)29(52)43-27(16(5)44)34(57)58/h14-22,27,44H,6-13,35H2,1-5H3,(H2,36,45)(H2,37,46)(H,38,53)(H,39,51)(H,40,55)(H,41,56)(H,42,54)(H,43,52)(H,47,48)(H,49,50)(H,57,58)/t16-,17+,18+,19+,20+,21+,22+,27+/m1/s1. The van der Waals surface area contributed by atoms with E-state index in [4.69, 9.17) is 22.3 Å². The molecular formula is C34H57N9O15. The fraction of sp³-hybridized carbons (Fsp3) is 0.676. The second kappa shape index (κ2) is 25.4. The van der Waals surface area contributed by atoms with Gasteiger partial charge in [0.05, 0.1) is 25.0 Å². The van der Waals surface area contributed by atoms with E-state index in [1.165, 1.54) is 0 Å². The first-order valence-corrected chi connectivity index (χ1v) is 18.2. The molecule has 0 radical (unpaired) electrons. The Morgan fingerprint density at radius 3 is 1.26 bits per heavy atom. The van der Waals surface area contributed by atoms with Gasteiger partial charge in [-0.2, -0.15) is 0 Å². The van der Waals surface area contributed by atoms with Crippen LogP contribution in [0.5, 0.6) is 0 Å². The fourth-order valence-corrected chi connectivity index (χ4v) is 5.18. The highest BCUT2D eigenvalue weighted by atomic mass is 16.4. The molecule has 8 atom stereocenters. The maximum absolute atomic E-state index is 13.6. The molecule has 0 heterocycles. The molecule has 0 aliphatic rings. The molecular weight excluding hydrogens is 774 g/mol. The van der Waals surface area contributed by atoms with E-state index >= 15 is 0 Å². The number of primary amides is 2. The number of nitrogens with one attached hydrogen (secondary N) is 6. The van der Waals surface area contributed by atoms with Crippen LogP contribution in [0.4, 0.5) is 0 Å². The lowest BCUT2D eigenvalue weighted by Gasteiger charge is -2.28. The Labute approximate surface area is 333 Å². The second-order valence-corrected chi connectivity index (χ2v) is 14.4. The first-order valence-electron chi connectivity index (χ1n) is 18.2. The number of carboxylic acid groups (broad SMARTS) is 3. The lowest BCUT2D eigenvalue weighted by Crippen LogP contribution is -2.61. The van der Waals surface area contributed by atoms with Crippen molar-refractivity contribution >= 4 is 65.2 Å². The molecule has 0 aromatic rings. The maximum atomic E-state index is 13.6. The van der Waals surface area contributed by atoms with Crippen molar-refractivity contribution in [1.29, 1.82) is 0 Å². The van der Waals surface area contributed by atoms with Crippen molar-refractivity contribution in [2.75, 3.05) is 0 Å². The van der Waals surface area contributed by atoms with Gasteiger partial charge in [-0.05, 0) is 44.4 Å². The van der Waals surface area contributed by atoms with Gasteiger partial charge in [0.2, 0.25) is 47.3 Å². The Hall–Kier alpha value is -5.91. The van der Waals surface area contributed by atoms with Crippen LogP contribution in [-0.2, 0) is 52.7 Å². The monoisotopic (exact) mass is 831 g/mol. The molecule has 0 aromatic carbocycles. The molecule has 0 saturated heterocycles. The number of amides is 8. The molecule has 0 saturated carbocycles. The first-order chi connectivity index (χ1) is 26.7. The number of nitrogens with two attached hydrogens (primary N) is 3. The Morgan fingerprint density at radius 1 is 0.483 bits per heavy atom. The van der Waals surface area contributed by atoms with E-state index in [9.17, 15) is 68.1 Å². The summed E-state index contributed by atoms with van der Waals surface area (Å²) < 4.78 is 0. The van der Waals surface area contributed by atoms with Gasteiger partial charge in [-0.1, -0.05) is 27.7 Å². The Kier molecular flexibility index (Phi) is 22.8. The van der Waals surface area contributed by atoms with Gasteiger partial charge in [0, 0.05) is 12.8 Å². The lowest BCUT2D eigenvalue weighted by atomic mass is 10.0. The summed E-state index contributed by atoms with van der Waals surface area (Å²) in [6.45, 7) is 7.73. The van der Waals surface area contributed by atoms with E-state index in [0.29, 0.717) is 0 Å². The van der Waals surface area contributed by atoms with E-state index in [1.807, 2.05) is 5.32 Å². The van der Waals surface area contributed by atoms with Gasteiger partial charge in [0.1, 0.15) is 30.2 Å². The highest BCUT2D eigenvalue weighted by molar-refractivity contribution is 5.99. The minimum absolute atomic E-state index is 0.0393. The van der Waals surface area contributed by atoms with Crippen molar-refractivity contribution in [2.45, 2.75) is 134 Å². The molecule has 328 valence electrons. The van der Waals surface area contributed by atoms with Gasteiger partial charge in [-0.3, -0.25) is 47.9 Å². The number of hydrogen-bond acceptors (Lipinski definition) is 13. The van der Waals surface area contributed by atoms with Crippen molar-refractivity contribution in [3.05, 3.63) is 0 Å². The summed E-state index contributed by atoms with van der Waals surface area (Å²) in [5.41, 5.74) is 16.3. The Balaban J connectivity index is 6.40. The zero-order valence-electron chi connectivity index (χ0n) is 32.9. The number of aliphatic hydroxyl groups is 1. The minimum atomic E-state index is -1.92. The Morgan fingerprint density at radius 2 is 0.879 bits per heavy atom. The van der Waals surface area contributed by atoms with Crippen LogP contribution in [0.1, 0.15) is 86.0 Å². The smallest absolute Gasteiger partial charge is 0.328 e. The van der Waals surface area contributed by atoms with E-state index in [-0.39, 0.29) is 31.1 Å². The van der Waals surface area contributed by atoms with Gasteiger partial charge < -0.3 is 69.5 Å². The third-order valence-corrected chi connectivity index (χ3v) is 8.09.